The van der Waals surface area contributed by atoms with E-state index in [1.165, 1.54) is 43.5 Å². The van der Waals surface area contributed by atoms with Gasteiger partial charge in [-0.25, -0.2) is 4.98 Å². The lowest BCUT2D eigenvalue weighted by Gasteiger charge is -2.42. The maximum Gasteiger partial charge on any atom is 0.0926 e. The van der Waals surface area contributed by atoms with E-state index in [0.29, 0.717) is 0 Å². The van der Waals surface area contributed by atoms with Crippen LogP contribution in [0.4, 0.5) is 0 Å². The molecule has 1 unspecified atom stereocenters. The van der Waals surface area contributed by atoms with E-state index in [1.54, 1.807) is 0 Å². The van der Waals surface area contributed by atoms with Crippen molar-refractivity contribution in [3.05, 3.63) is 17.7 Å². The van der Waals surface area contributed by atoms with Crippen LogP contribution in [0.25, 0.3) is 0 Å². The van der Waals surface area contributed by atoms with E-state index >= 15 is 0 Å². The van der Waals surface area contributed by atoms with Crippen molar-refractivity contribution in [3.63, 3.8) is 0 Å². The third-order valence-electron chi connectivity index (χ3n) is 4.50. The summed E-state index contributed by atoms with van der Waals surface area (Å²) in [5, 5.41) is 3.72. The minimum atomic E-state index is 0.119. The molecule has 16 heavy (non-hydrogen) atoms. The van der Waals surface area contributed by atoms with E-state index in [2.05, 4.69) is 22.2 Å². The minimum Gasteiger partial charge on any atom is -0.348 e. The lowest BCUT2D eigenvalue weighted by molar-refractivity contribution is 0.165. The highest BCUT2D eigenvalue weighted by atomic mass is 15.1. The lowest BCUT2D eigenvalue weighted by Crippen LogP contribution is -2.51. The van der Waals surface area contributed by atoms with Crippen molar-refractivity contribution >= 4 is 0 Å². The van der Waals surface area contributed by atoms with Crippen molar-refractivity contribution < 1.29 is 0 Å². The van der Waals surface area contributed by atoms with Gasteiger partial charge in [0.15, 0.2) is 0 Å². The smallest absolute Gasteiger partial charge is 0.0926 e. The fourth-order valence-electron chi connectivity index (χ4n) is 3.51. The Labute approximate surface area is 97.0 Å². The Hall–Kier alpha value is -0.830. The molecule has 2 heterocycles. The van der Waals surface area contributed by atoms with Crippen molar-refractivity contribution in [2.45, 2.75) is 51.0 Å². The number of hydrogen-bond acceptors (Lipinski definition) is 2. The van der Waals surface area contributed by atoms with Gasteiger partial charge in [-0.1, -0.05) is 19.3 Å². The molecule has 0 aromatic carbocycles. The van der Waals surface area contributed by atoms with E-state index in [-0.39, 0.29) is 5.54 Å². The Morgan fingerprint density at radius 3 is 2.94 bits per heavy atom. The molecule has 0 radical (unpaired) electrons. The Kier molecular flexibility index (Phi) is 2.51. The van der Waals surface area contributed by atoms with E-state index in [4.69, 9.17) is 0 Å². The molecule has 1 aliphatic heterocycles. The van der Waals surface area contributed by atoms with Gasteiger partial charge in [0.05, 0.1) is 17.6 Å². The van der Waals surface area contributed by atoms with Crippen LogP contribution < -0.4 is 5.32 Å². The first-order chi connectivity index (χ1) is 7.81. The molecule has 0 bridgehead atoms. The number of nitrogens with one attached hydrogen (secondary N) is 2. The van der Waals surface area contributed by atoms with Crippen LogP contribution in [0.15, 0.2) is 6.33 Å². The minimum absolute atomic E-state index is 0.119. The average molecular weight is 219 g/mol. The van der Waals surface area contributed by atoms with Crippen LogP contribution in [0, 0.1) is 5.92 Å². The Balaban J connectivity index is 1.93. The van der Waals surface area contributed by atoms with Gasteiger partial charge in [-0.05, 0) is 25.7 Å². The largest absolute Gasteiger partial charge is 0.348 e. The molecule has 1 atom stereocenters. The van der Waals surface area contributed by atoms with Gasteiger partial charge in [-0.15, -0.1) is 0 Å². The topological polar surface area (TPSA) is 40.7 Å². The molecule has 0 saturated heterocycles. The molecule has 3 heteroatoms. The first kappa shape index (κ1) is 10.3. The first-order valence-corrected chi connectivity index (χ1v) is 6.58. The van der Waals surface area contributed by atoms with E-state index in [9.17, 15) is 0 Å². The standard InChI is InChI=1S/C13H21N3/c1-13(10-5-3-2-4-6-10)12-11(7-8-16-13)14-9-15-12/h9-10,16H,2-8H2,1H3,(H,14,15). The molecule has 2 aliphatic rings. The van der Waals surface area contributed by atoms with Gasteiger partial charge in [-0.3, -0.25) is 0 Å². The highest BCUT2D eigenvalue weighted by Gasteiger charge is 2.41. The SMILES string of the molecule is CC1(C2CCCCC2)NCCc2[nH]cnc21. The number of hydrogen-bond donors (Lipinski definition) is 2. The fraction of sp³-hybridized carbons (Fsp3) is 0.769. The second-order valence-corrected chi connectivity index (χ2v) is 5.44. The molecule has 88 valence electrons. The summed E-state index contributed by atoms with van der Waals surface area (Å²) in [7, 11) is 0. The summed E-state index contributed by atoms with van der Waals surface area (Å²) in [6.45, 7) is 3.43. The maximum absolute atomic E-state index is 4.57. The van der Waals surface area contributed by atoms with Gasteiger partial charge in [0.2, 0.25) is 0 Å². The molecule has 1 aromatic heterocycles. The third-order valence-corrected chi connectivity index (χ3v) is 4.50. The predicted octanol–water partition coefficient (Wildman–Crippen LogP) is 2.35. The lowest BCUT2D eigenvalue weighted by atomic mass is 9.72. The van der Waals surface area contributed by atoms with Crippen LogP contribution in [0.5, 0.6) is 0 Å². The van der Waals surface area contributed by atoms with Crippen molar-refractivity contribution in [1.82, 2.24) is 15.3 Å². The van der Waals surface area contributed by atoms with Gasteiger partial charge in [0.1, 0.15) is 0 Å². The zero-order chi connectivity index (χ0) is 11.0. The Morgan fingerprint density at radius 2 is 2.12 bits per heavy atom. The molecule has 1 aliphatic carbocycles. The molecular formula is C13H21N3. The molecule has 1 fully saturated rings. The van der Waals surface area contributed by atoms with Crippen LogP contribution in [0.3, 0.4) is 0 Å². The summed E-state index contributed by atoms with van der Waals surface area (Å²) in [5.41, 5.74) is 2.76. The summed E-state index contributed by atoms with van der Waals surface area (Å²) >= 11 is 0. The van der Waals surface area contributed by atoms with Gasteiger partial charge >= 0.3 is 0 Å². The van der Waals surface area contributed by atoms with E-state index < -0.39 is 0 Å². The third kappa shape index (κ3) is 1.49. The normalized spacial score (nSPS) is 31.3. The second-order valence-electron chi connectivity index (χ2n) is 5.44. The second kappa shape index (κ2) is 3.88. The zero-order valence-electron chi connectivity index (χ0n) is 10.1. The Morgan fingerprint density at radius 1 is 1.31 bits per heavy atom. The van der Waals surface area contributed by atoms with Crippen molar-refractivity contribution in [2.24, 2.45) is 5.92 Å². The number of fused-ring (bicyclic) bond motifs is 1. The summed E-state index contributed by atoms with van der Waals surface area (Å²) in [5.74, 6) is 0.767. The van der Waals surface area contributed by atoms with Gasteiger partial charge in [0, 0.05) is 18.7 Å². The molecule has 3 nitrogen and oxygen atoms in total. The highest BCUT2D eigenvalue weighted by molar-refractivity contribution is 5.25. The fourth-order valence-corrected chi connectivity index (χ4v) is 3.51. The number of imidazole rings is 1. The van der Waals surface area contributed by atoms with Gasteiger partial charge in [0.25, 0.3) is 0 Å². The van der Waals surface area contributed by atoms with Gasteiger partial charge < -0.3 is 10.3 Å². The molecule has 1 saturated carbocycles. The summed E-state index contributed by atoms with van der Waals surface area (Å²) in [4.78, 5) is 7.87. The summed E-state index contributed by atoms with van der Waals surface area (Å²) < 4.78 is 0. The van der Waals surface area contributed by atoms with Crippen LogP contribution in [0.2, 0.25) is 0 Å². The first-order valence-electron chi connectivity index (χ1n) is 6.58. The van der Waals surface area contributed by atoms with Crippen LogP contribution in [0.1, 0.15) is 50.4 Å². The van der Waals surface area contributed by atoms with Crippen molar-refractivity contribution in [1.29, 1.82) is 0 Å². The number of rotatable bonds is 1. The monoisotopic (exact) mass is 219 g/mol. The maximum atomic E-state index is 4.57. The average Bonchev–Trinajstić information content (AvgIpc) is 2.80. The van der Waals surface area contributed by atoms with Gasteiger partial charge in [-0.2, -0.15) is 0 Å². The summed E-state index contributed by atoms with van der Waals surface area (Å²) in [6, 6.07) is 0. The number of aromatic amines is 1. The molecular weight excluding hydrogens is 198 g/mol. The predicted molar refractivity (Wildman–Crippen MR) is 64.2 cm³/mol. The molecule has 0 amide bonds. The van der Waals surface area contributed by atoms with Crippen LogP contribution in [-0.2, 0) is 12.0 Å². The molecule has 3 rings (SSSR count). The molecule has 0 spiro atoms. The van der Waals surface area contributed by atoms with E-state index in [1.807, 2.05) is 6.33 Å². The molecule has 1 aromatic rings. The van der Waals surface area contributed by atoms with Crippen molar-refractivity contribution in [3.8, 4) is 0 Å². The van der Waals surface area contributed by atoms with Crippen molar-refractivity contribution in [2.75, 3.05) is 6.54 Å². The quantitative estimate of drug-likeness (QED) is 0.761. The number of nitrogens with zero attached hydrogens (tertiary/aromatic N) is 1. The summed E-state index contributed by atoms with van der Waals surface area (Å²) in [6.07, 6.45) is 9.87. The molecule has 2 N–H and O–H groups in total. The van der Waals surface area contributed by atoms with Crippen LogP contribution >= 0.6 is 0 Å². The number of H-pyrrole nitrogens is 1. The Bertz CT molecular complexity index is 365. The zero-order valence-corrected chi connectivity index (χ0v) is 10.1. The number of aromatic nitrogens is 2. The van der Waals surface area contributed by atoms with E-state index in [0.717, 1.165) is 18.9 Å². The van der Waals surface area contributed by atoms with Crippen LogP contribution in [-0.4, -0.2) is 16.5 Å². The highest BCUT2D eigenvalue weighted by Crippen LogP contribution is 2.40.